The lowest BCUT2D eigenvalue weighted by Gasteiger charge is -2.16. The fourth-order valence-corrected chi connectivity index (χ4v) is 1.71. The van der Waals surface area contributed by atoms with Crippen molar-refractivity contribution < 1.29 is 10.0 Å². The summed E-state index contributed by atoms with van der Waals surface area (Å²) in [5.74, 6) is 0.450. The molecule has 0 atom stereocenters. The second kappa shape index (κ2) is 5.48. The van der Waals surface area contributed by atoms with Gasteiger partial charge in [-0.2, -0.15) is 0 Å². The molecule has 1 aromatic carbocycles. The van der Waals surface area contributed by atoms with Crippen LogP contribution in [-0.4, -0.2) is 36.2 Å². The minimum atomic E-state index is -1.39. The van der Waals surface area contributed by atoms with E-state index < -0.39 is 7.12 Å². The number of nitrogens with zero attached hydrogens (tertiary/aromatic N) is 1. The second-order valence-corrected chi connectivity index (χ2v) is 4.72. The lowest BCUT2D eigenvalue weighted by atomic mass is 9.76. The number of hydrogen-bond acceptors (Lipinski definition) is 3. The van der Waals surface area contributed by atoms with Crippen LogP contribution in [0.5, 0.6) is 0 Å². The van der Waals surface area contributed by atoms with Crippen molar-refractivity contribution in [2.75, 3.05) is 14.1 Å². The van der Waals surface area contributed by atoms with Crippen LogP contribution in [0.25, 0.3) is 0 Å². The topological polar surface area (TPSA) is 43.7 Å². The van der Waals surface area contributed by atoms with Gasteiger partial charge < -0.3 is 14.9 Å². The van der Waals surface area contributed by atoms with E-state index in [1.54, 1.807) is 6.07 Å². The van der Waals surface area contributed by atoms with Crippen LogP contribution in [0.2, 0.25) is 0 Å². The van der Waals surface area contributed by atoms with Gasteiger partial charge >= 0.3 is 7.12 Å². The molecule has 0 saturated carbocycles. The van der Waals surface area contributed by atoms with Gasteiger partial charge in [-0.1, -0.05) is 32.0 Å². The molecule has 1 aromatic rings. The van der Waals surface area contributed by atoms with Crippen LogP contribution in [0, 0.1) is 0 Å². The first-order valence-corrected chi connectivity index (χ1v) is 5.55. The summed E-state index contributed by atoms with van der Waals surface area (Å²) in [5.41, 5.74) is 2.80. The highest BCUT2D eigenvalue weighted by Gasteiger charge is 2.17. The molecule has 0 amide bonds. The summed E-state index contributed by atoms with van der Waals surface area (Å²) in [7, 11) is 2.54. The standard InChI is InChI=1S/C12H20BNO2/c1-9(2)10-5-6-12(13(15)16)11(7-10)8-14(3)4/h5-7,9,15-16H,8H2,1-4H3. The average Bonchev–Trinajstić information content (AvgIpc) is 2.15. The van der Waals surface area contributed by atoms with Crippen LogP contribution in [0.4, 0.5) is 0 Å². The lowest BCUT2D eigenvalue weighted by Crippen LogP contribution is -2.34. The van der Waals surface area contributed by atoms with E-state index in [9.17, 15) is 10.0 Å². The first kappa shape index (κ1) is 13.2. The van der Waals surface area contributed by atoms with E-state index in [-0.39, 0.29) is 0 Å². The molecule has 16 heavy (non-hydrogen) atoms. The van der Waals surface area contributed by atoms with Gasteiger partial charge in [0.1, 0.15) is 0 Å². The molecule has 0 aliphatic rings. The molecular weight excluding hydrogens is 201 g/mol. The van der Waals surface area contributed by atoms with Gasteiger partial charge in [0.15, 0.2) is 0 Å². The van der Waals surface area contributed by atoms with Crippen molar-refractivity contribution in [3.8, 4) is 0 Å². The van der Waals surface area contributed by atoms with E-state index in [4.69, 9.17) is 0 Å². The molecule has 0 saturated heterocycles. The van der Waals surface area contributed by atoms with Gasteiger partial charge in [-0.15, -0.1) is 0 Å². The number of benzene rings is 1. The third-order valence-corrected chi connectivity index (χ3v) is 2.60. The van der Waals surface area contributed by atoms with Gasteiger partial charge in [0.2, 0.25) is 0 Å². The Morgan fingerprint density at radius 3 is 2.31 bits per heavy atom. The summed E-state index contributed by atoms with van der Waals surface area (Å²) in [6.07, 6.45) is 0. The number of hydrogen-bond donors (Lipinski definition) is 2. The maximum Gasteiger partial charge on any atom is 0.488 e. The summed E-state index contributed by atoms with van der Waals surface area (Å²) in [4.78, 5) is 2.02. The molecular formula is C12H20BNO2. The Kier molecular flexibility index (Phi) is 4.53. The molecule has 0 radical (unpaired) electrons. The maximum atomic E-state index is 9.28. The first-order valence-electron chi connectivity index (χ1n) is 5.55. The third kappa shape index (κ3) is 3.34. The summed E-state index contributed by atoms with van der Waals surface area (Å²) in [6, 6.07) is 5.82. The van der Waals surface area contributed by atoms with Crippen molar-refractivity contribution in [1.29, 1.82) is 0 Å². The molecule has 88 valence electrons. The van der Waals surface area contributed by atoms with Crippen molar-refractivity contribution in [3.63, 3.8) is 0 Å². The van der Waals surface area contributed by atoms with Crippen LogP contribution >= 0.6 is 0 Å². The largest absolute Gasteiger partial charge is 0.488 e. The minimum absolute atomic E-state index is 0.450. The molecule has 0 fully saturated rings. The van der Waals surface area contributed by atoms with Crippen molar-refractivity contribution in [2.24, 2.45) is 0 Å². The zero-order chi connectivity index (χ0) is 12.3. The summed E-state index contributed by atoms with van der Waals surface area (Å²) in [5, 5.41) is 18.6. The fraction of sp³-hybridized carbons (Fsp3) is 0.500. The Morgan fingerprint density at radius 2 is 1.88 bits per heavy atom. The molecule has 3 nitrogen and oxygen atoms in total. The Balaban J connectivity index is 3.10. The number of rotatable bonds is 4. The first-order chi connectivity index (χ1) is 7.41. The molecule has 0 aliphatic carbocycles. The van der Waals surface area contributed by atoms with Crippen LogP contribution in [0.3, 0.4) is 0 Å². The van der Waals surface area contributed by atoms with Gasteiger partial charge in [0, 0.05) is 6.54 Å². The molecule has 0 aromatic heterocycles. The Morgan fingerprint density at radius 1 is 1.25 bits per heavy atom. The molecule has 0 unspecified atom stereocenters. The zero-order valence-corrected chi connectivity index (χ0v) is 10.4. The highest BCUT2D eigenvalue weighted by atomic mass is 16.4. The SMILES string of the molecule is CC(C)c1ccc(B(O)O)c(CN(C)C)c1. The monoisotopic (exact) mass is 221 g/mol. The van der Waals surface area contributed by atoms with Crippen molar-refractivity contribution >= 4 is 12.6 Å². The fourth-order valence-electron chi connectivity index (χ4n) is 1.71. The zero-order valence-electron chi connectivity index (χ0n) is 10.4. The van der Waals surface area contributed by atoms with E-state index >= 15 is 0 Å². The van der Waals surface area contributed by atoms with Crippen molar-refractivity contribution in [2.45, 2.75) is 26.3 Å². The molecule has 2 N–H and O–H groups in total. The summed E-state index contributed by atoms with van der Waals surface area (Å²) >= 11 is 0. The molecule has 4 heteroatoms. The third-order valence-electron chi connectivity index (χ3n) is 2.60. The summed E-state index contributed by atoms with van der Waals surface area (Å²) in [6.45, 7) is 4.97. The van der Waals surface area contributed by atoms with E-state index in [0.29, 0.717) is 17.9 Å². The summed E-state index contributed by atoms with van der Waals surface area (Å²) < 4.78 is 0. The molecule has 0 aliphatic heterocycles. The van der Waals surface area contributed by atoms with E-state index in [0.717, 1.165) is 5.56 Å². The van der Waals surface area contributed by atoms with Gasteiger partial charge in [0.25, 0.3) is 0 Å². The second-order valence-electron chi connectivity index (χ2n) is 4.72. The highest BCUT2D eigenvalue weighted by Crippen LogP contribution is 2.15. The van der Waals surface area contributed by atoms with E-state index in [1.165, 1.54) is 5.56 Å². The maximum absolute atomic E-state index is 9.28. The smallest absolute Gasteiger partial charge is 0.423 e. The Bertz CT molecular complexity index is 351. The highest BCUT2D eigenvalue weighted by molar-refractivity contribution is 6.59. The van der Waals surface area contributed by atoms with Gasteiger partial charge in [-0.3, -0.25) is 0 Å². The molecule has 1 rings (SSSR count). The van der Waals surface area contributed by atoms with Crippen LogP contribution in [0.15, 0.2) is 18.2 Å². The minimum Gasteiger partial charge on any atom is -0.423 e. The van der Waals surface area contributed by atoms with E-state index in [1.807, 2.05) is 25.1 Å². The van der Waals surface area contributed by atoms with Crippen LogP contribution in [-0.2, 0) is 6.54 Å². The van der Waals surface area contributed by atoms with Crippen molar-refractivity contribution in [3.05, 3.63) is 29.3 Å². The van der Waals surface area contributed by atoms with Crippen LogP contribution in [0.1, 0.15) is 30.9 Å². The van der Waals surface area contributed by atoms with Gasteiger partial charge in [0.05, 0.1) is 0 Å². The van der Waals surface area contributed by atoms with Crippen LogP contribution < -0.4 is 5.46 Å². The average molecular weight is 221 g/mol. The van der Waals surface area contributed by atoms with Gasteiger partial charge in [-0.05, 0) is 36.6 Å². The predicted molar refractivity (Wildman–Crippen MR) is 67.7 cm³/mol. The van der Waals surface area contributed by atoms with E-state index in [2.05, 4.69) is 19.9 Å². The predicted octanol–water partition coefficient (Wildman–Crippen LogP) is 0.551. The van der Waals surface area contributed by atoms with Gasteiger partial charge in [-0.25, -0.2) is 0 Å². The normalized spacial score (nSPS) is 11.2. The lowest BCUT2D eigenvalue weighted by molar-refractivity contribution is 0.399. The molecule has 0 spiro atoms. The molecule has 0 bridgehead atoms. The Hall–Kier alpha value is -0.835. The van der Waals surface area contributed by atoms with Crippen molar-refractivity contribution in [1.82, 2.24) is 4.90 Å². The quantitative estimate of drug-likeness (QED) is 0.730. The Labute approximate surface area is 97.9 Å². The molecule has 0 heterocycles.